The lowest BCUT2D eigenvalue weighted by Crippen LogP contribution is -2.31. The van der Waals surface area contributed by atoms with Crippen molar-refractivity contribution in [3.8, 4) is 23.1 Å². The van der Waals surface area contributed by atoms with Crippen LogP contribution in [0.2, 0.25) is 0 Å². The number of nitrogens with one attached hydrogen (secondary N) is 1. The summed E-state index contributed by atoms with van der Waals surface area (Å²) in [5, 5.41) is 2.94. The molecule has 0 radical (unpaired) electrons. The molecule has 0 bridgehead atoms. The molecule has 7 nitrogen and oxygen atoms in total. The molecular formula is C21H29Cl2N3O4. The highest BCUT2D eigenvalue weighted by molar-refractivity contribution is 5.85. The Morgan fingerprint density at radius 3 is 2.37 bits per heavy atom. The van der Waals surface area contributed by atoms with E-state index in [1.165, 1.54) is 0 Å². The Morgan fingerprint density at radius 2 is 1.83 bits per heavy atom. The molecule has 1 amide bonds. The van der Waals surface area contributed by atoms with Gasteiger partial charge in [-0.3, -0.25) is 4.79 Å². The largest absolute Gasteiger partial charge is 0.493 e. The van der Waals surface area contributed by atoms with Crippen LogP contribution in [-0.4, -0.2) is 31.2 Å². The maximum atomic E-state index is 12.1. The topological polar surface area (TPSA) is 95.7 Å². The van der Waals surface area contributed by atoms with Crippen LogP contribution < -0.4 is 25.3 Å². The summed E-state index contributed by atoms with van der Waals surface area (Å²) in [6, 6.07) is 9.17. The average Bonchev–Trinajstić information content (AvgIpc) is 3.12. The lowest BCUT2D eigenvalue weighted by Gasteiger charge is -2.15. The van der Waals surface area contributed by atoms with Gasteiger partial charge in [0, 0.05) is 31.3 Å². The minimum absolute atomic E-state index is 0. The Labute approximate surface area is 189 Å². The fourth-order valence-corrected chi connectivity index (χ4v) is 3.43. The summed E-state index contributed by atoms with van der Waals surface area (Å²) in [4.78, 5) is 16.4. The van der Waals surface area contributed by atoms with Crippen LogP contribution in [0.15, 0.2) is 36.5 Å². The first kappa shape index (κ1) is 25.8. The second kappa shape index (κ2) is 12.5. The highest BCUT2D eigenvalue weighted by Gasteiger charge is 2.25. The maximum absolute atomic E-state index is 12.1. The summed E-state index contributed by atoms with van der Waals surface area (Å²) < 4.78 is 16.5. The monoisotopic (exact) mass is 457 g/mol. The van der Waals surface area contributed by atoms with E-state index in [4.69, 9.17) is 19.9 Å². The number of hydrogen-bond acceptors (Lipinski definition) is 6. The lowest BCUT2D eigenvalue weighted by molar-refractivity contribution is -0.122. The van der Waals surface area contributed by atoms with Gasteiger partial charge in [-0.1, -0.05) is 18.6 Å². The zero-order valence-corrected chi connectivity index (χ0v) is 18.8. The van der Waals surface area contributed by atoms with E-state index >= 15 is 0 Å². The molecule has 0 saturated heterocycles. The molecular weight excluding hydrogens is 429 g/mol. The molecule has 2 aromatic rings. The van der Waals surface area contributed by atoms with E-state index in [0.717, 1.165) is 24.8 Å². The van der Waals surface area contributed by atoms with Crippen molar-refractivity contribution in [1.29, 1.82) is 0 Å². The average molecular weight is 458 g/mol. The van der Waals surface area contributed by atoms with E-state index in [0.29, 0.717) is 42.0 Å². The Morgan fingerprint density at radius 1 is 1.13 bits per heavy atom. The minimum atomic E-state index is 0. The minimum Gasteiger partial charge on any atom is -0.493 e. The fraction of sp³-hybridized carbons (Fsp3) is 0.429. The van der Waals surface area contributed by atoms with Gasteiger partial charge >= 0.3 is 0 Å². The molecule has 166 valence electrons. The summed E-state index contributed by atoms with van der Waals surface area (Å²) in [7, 11) is 3.14. The summed E-state index contributed by atoms with van der Waals surface area (Å²) in [6.07, 6.45) is 5.33. The zero-order valence-electron chi connectivity index (χ0n) is 17.1. The van der Waals surface area contributed by atoms with Gasteiger partial charge in [0.1, 0.15) is 0 Å². The number of aromatic nitrogens is 1. The Kier molecular flexibility index (Phi) is 10.7. The molecule has 30 heavy (non-hydrogen) atoms. The molecule has 3 rings (SSSR count). The highest BCUT2D eigenvalue weighted by Crippen LogP contribution is 2.39. The fourth-order valence-electron chi connectivity index (χ4n) is 3.43. The molecule has 0 unspecified atom stereocenters. The van der Waals surface area contributed by atoms with Gasteiger partial charge in [-0.25, -0.2) is 4.98 Å². The van der Waals surface area contributed by atoms with Crippen LogP contribution in [0.4, 0.5) is 0 Å². The van der Waals surface area contributed by atoms with Crippen LogP contribution >= 0.6 is 24.8 Å². The van der Waals surface area contributed by atoms with Crippen LogP contribution in [0.3, 0.4) is 0 Å². The van der Waals surface area contributed by atoms with Gasteiger partial charge in [0.05, 0.1) is 14.2 Å². The van der Waals surface area contributed by atoms with E-state index in [-0.39, 0.29) is 36.8 Å². The number of benzene rings is 1. The van der Waals surface area contributed by atoms with E-state index < -0.39 is 0 Å². The second-order valence-corrected chi connectivity index (χ2v) is 6.93. The van der Waals surface area contributed by atoms with Gasteiger partial charge in [0.2, 0.25) is 17.5 Å². The molecule has 1 fully saturated rings. The van der Waals surface area contributed by atoms with Crippen molar-refractivity contribution in [2.45, 2.75) is 38.3 Å². The van der Waals surface area contributed by atoms with Crippen molar-refractivity contribution in [2.24, 2.45) is 11.7 Å². The number of nitrogens with two attached hydrogens (primary N) is 1. The summed E-state index contributed by atoms with van der Waals surface area (Å²) >= 11 is 0. The number of para-hydroxylation sites is 1. The van der Waals surface area contributed by atoms with Gasteiger partial charge in [-0.15, -0.1) is 24.8 Å². The van der Waals surface area contributed by atoms with Gasteiger partial charge < -0.3 is 25.3 Å². The highest BCUT2D eigenvalue weighted by atomic mass is 35.5. The number of ether oxygens (including phenoxy) is 3. The predicted molar refractivity (Wildman–Crippen MR) is 120 cm³/mol. The van der Waals surface area contributed by atoms with Gasteiger partial charge in [-0.2, -0.15) is 0 Å². The number of amides is 1. The number of pyridine rings is 1. The standard InChI is InChI=1S/C21H27N3O4.2ClH/c1-26-17-7-4-8-18(27-2)21(17)28-20-10-9-14(13-24-20)12-23-19(25)11-15-5-3-6-16(15)22;;/h4,7-10,13,15-16H,3,5-6,11-12,22H2,1-2H3,(H,23,25);2*1H/t15-,16+;;/m0../s1. The molecule has 2 atom stereocenters. The van der Waals surface area contributed by atoms with Gasteiger partial charge in [0.25, 0.3) is 0 Å². The third-order valence-corrected chi connectivity index (χ3v) is 5.04. The first-order chi connectivity index (χ1) is 13.6. The maximum Gasteiger partial charge on any atom is 0.220 e. The van der Waals surface area contributed by atoms with Crippen LogP contribution in [0.1, 0.15) is 31.2 Å². The number of carbonyl (C=O) groups excluding carboxylic acids is 1. The van der Waals surface area contributed by atoms with E-state index in [9.17, 15) is 4.79 Å². The molecule has 1 aromatic heterocycles. The SMILES string of the molecule is COc1cccc(OC)c1Oc1ccc(CNC(=O)C[C@@H]2CCC[C@H]2N)cn1.Cl.Cl. The first-order valence-electron chi connectivity index (χ1n) is 9.46. The zero-order chi connectivity index (χ0) is 19.9. The van der Waals surface area contributed by atoms with Crippen LogP contribution in [0, 0.1) is 5.92 Å². The molecule has 1 aliphatic carbocycles. The summed E-state index contributed by atoms with van der Waals surface area (Å²) in [5.41, 5.74) is 6.93. The van der Waals surface area contributed by atoms with Crippen molar-refractivity contribution in [3.63, 3.8) is 0 Å². The molecule has 1 aromatic carbocycles. The number of carbonyl (C=O) groups is 1. The third-order valence-electron chi connectivity index (χ3n) is 5.04. The first-order valence-corrected chi connectivity index (χ1v) is 9.46. The normalized spacial score (nSPS) is 17.3. The molecule has 9 heteroatoms. The second-order valence-electron chi connectivity index (χ2n) is 6.93. The van der Waals surface area contributed by atoms with Crippen LogP contribution in [-0.2, 0) is 11.3 Å². The molecule has 3 N–H and O–H groups in total. The quantitative estimate of drug-likeness (QED) is 0.624. The van der Waals surface area contributed by atoms with Crippen molar-refractivity contribution < 1.29 is 19.0 Å². The Hall–Kier alpha value is -2.22. The number of methoxy groups -OCH3 is 2. The Bertz CT molecular complexity index is 783. The van der Waals surface area contributed by atoms with Crippen molar-refractivity contribution >= 4 is 30.7 Å². The number of halogens is 2. The smallest absolute Gasteiger partial charge is 0.220 e. The lowest BCUT2D eigenvalue weighted by atomic mass is 10.00. The number of nitrogens with zero attached hydrogens (tertiary/aromatic N) is 1. The number of rotatable bonds is 8. The molecule has 1 heterocycles. The third kappa shape index (κ3) is 6.65. The van der Waals surface area contributed by atoms with Gasteiger partial charge in [-0.05, 0) is 36.5 Å². The molecule has 0 spiro atoms. The molecule has 1 aliphatic rings. The van der Waals surface area contributed by atoms with E-state index in [1.807, 2.05) is 12.1 Å². The number of hydrogen-bond donors (Lipinski definition) is 2. The predicted octanol–water partition coefficient (Wildman–Crippen LogP) is 3.87. The summed E-state index contributed by atoms with van der Waals surface area (Å²) in [5.74, 6) is 2.32. The molecule has 1 saturated carbocycles. The van der Waals surface area contributed by atoms with Gasteiger partial charge in [0.15, 0.2) is 11.5 Å². The van der Waals surface area contributed by atoms with Crippen LogP contribution in [0.5, 0.6) is 23.1 Å². The Balaban J connectivity index is 0.00000225. The molecule has 0 aliphatic heterocycles. The van der Waals surface area contributed by atoms with Crippen molar-refractivity contribution in [2.75, 3.05) is 14.2 Å². The van der Waals surface area contributed by atoms with E-state index in [2.05, 4.69) is 10.3 Å². The van der Waals surface area contributed by atoms with Crippen LogP contribution in [0.25, 0.3) is 0 Å². The van der Waals surface area contributed by atoms with Crippen molar-refractivity contribution in [3.05, 3.63) is 42.1 Å². The van der Waals surface area contributed by atoms with Crippen molar-refractivity contribution in [1.82, 2.24) is 10.3 Å². The summed E-state index contributed by atoms with van der Waals surface area (Å²) in [6.45, 7) is 0.423. The van der Waals surface area contributed by atoms with E-state index in [1.54, 1.807) is 38.6 Å².